The van der Waals surface area contributed by atoms with Crippen molar-refractivity contribution in [3.05, 3.63) is 72.9 Å². The molecule has 0 radical (unpaired) electrons. The molecule has 43 heavy (non-hydrogen) atoms. The predicted molar refractivity (Wildman–Crippen MR) is 168 cm³/mol. The molecule has 0 heterocycles. The first-order valence-corrected chi connectivity index (χ1v) is 14.9. The van der Waals surface area contributed by atoms with Crippen molar-refractivity contribution in [3.8, 4) is 0 Å². The van der Waals surface area contributed by atoms with Crippen molar-refractivity contribution in [3.63, 3.8) is 0 Å². The molecule has 0 spiro atoms. The fraction of sp³-hybridized carbons (Fsp3) is 0.515. The minimum absolute atomic E-state index is 0.114. The maximum atomic E-state index is 12.4. The van der Waals surface area contributed by atoms with E-state index in [1.165, 1.54) is 0 Å². The van der Waals surface area contributed by atoms with Crippen molar-refractivity contribution in [2.24, 2.45) is 0 Å². The van der Waals surface area contributed by atoms with Gasteiger partial charge in [0.15, 0.2) is 0 Å². The second-order valence-corrected chi connectivity index (χ2v) is 9.43. The molecule has 0 aliphatic heterocycles. The minimum atomic E-state index is -1.12. The SMILES string of the molecule is CC/C=C\C/C=C\C/C=C\C/C=C\C/C=C\CCCC(=O)NCCCC(NC(=O)/C=C/C(=O)OC)C(=O)OC(CO)CO. The molecular weight excluding hydrogens is 552 g/mol. The molecule has 0 aromatic carbocycles. The lowest BCUT2D eigenvalue weighted by atomic mass is 10.1. The van der Waals surface area contributed by atoms with Crippen LogP contribution in [0.1, 0.15) is 71.1 Å². The Hall–Kier alpha value is -3.76. The number of amides is 2. The molecule has 0 aromatic rings. The molecule has 1 unspecified atom stereocenters. The molecule has 0 aliphatic carbocycles. The third-order valence-corrected chi connectivity index (χ3v) is 5.79. The Labute approximate surface area is 256 Å². The van der Waals surface area contributed by atoms with Gasteiger partial charge in [0, 0.05) is 25.1 Å². The monoisotopic (exact) mass is 602 g/mol. The molecule has 0 bridgehead atoms. The fourth-order valence-electron chi connectivity index (χ4n) is 3.43. The van der Waals surface area contributed by atoms with Gasteiger partial charge in [-0.15, -0.1) is 0 Å². The first kappa shape index (κ1) is 39.2. The van der Waals surface area contributed by atoms with E-state index in [4.69, 9.17) is 14.9 Å². The highest BCUT2D eigenvalue weighted by Gasteiger charge is 2.24. The van der Waals surface area contributed by atoms with Crippen LogP contribution in [0.15, 0.2) is 72.9 Å². The molecule has 0 saturated heterocycles. The Morgan fingerprint density at radius 3 is 1.86 bits per heavy atom. The number of ether oxygens (including phenoxy) is 2. The van der Waals surface area contributed by atoms with E-state index in [1.807, 2.05) is 0 Å². The van der Waals surface area contributed by atoms with E-state index >= 15 is 0 Å². The van der Waals surface area contributed by atoms with E-state index in [0.717, 1.165) is 57.8 Å². The van der Waals surface area contributed by atoms with Crippen LogP contribution in [0.2, 0.25) is 0 Å². The lowest BCUT2D eigenvalue weighted by Crippen LogP contribution is -2.44. The lowest BCUT2D eigenvalue weighted by molar-refractivity contribution is -0.157. The van der Waals surface area contributed by atoms with E-state index in [-0.39, 0.29) is 18.9 Å². The molecule has 2 amide bonds. The fourth-order valence-corrected chi connectivity index (χ4v) is 3.43. The zero-order chi connectivity index (χ0) is 32.0. The number of hydrogen-bond donors (Lipinski definition) is 4. The van der Waals surface area contributed by atoms with E-state index in [2.05, 4.69) is 83.1 Å². The number of nitrogens with one attached hydrogen (secondary N) is 2. The van der Waals surface area contributed by atoms with E-state index < -0.39 is 43.2 Å². The van der Waals surface area contributed by atoms with Gasteiger partial charge in [-0.25, -0.2) is 9.59 Å². The standard InChI is InChI=1S/C33H50N2O8/c1-3-4-5-6-7-8-9-10-11-12-13-14-15-16-17-18-19-22-30(38)34-25-20-21-29(33(41)43-28(26-36)27-37)35-31(39)23-24-32(40)42-2/h4-5,7-8,10-11,13-14,16-17,23-24,28-29,36-37H,3,6,9,12,15,18-22,25-27H2,1-2H3,(H,34,38)(H,35,39)/b5-4-,8-7-,11-10-,14-13-,17-16-,24-23+. The third-order valence-electron chi connectivity index (χ3n) is 5.79. The molecule has 0 fully saturated rings. The summed E-state index contributed by atoms with van der Waals surface area (Å²) in [5.74, 6) is -2.43. The summed E-state index contributed by atoms with van der Waals surface area (Å²) >= 11 is 0. The normalized spacial score (nSPS) is 12.9. The average molecular weight is 603 g/mol. The van der Waals surface area contributed by atoms with Crippen LogP contribution in [0, 0.1) is 0 Å². The van der Waals surface area contributed by atoms with Crippen LogP contribution in [0.5, 0.6) is 0 Å². The number of aliphatic hydroxyl groups is 2. The zero-order valence-corrected chi connectivity index (χ0v) is 25.6. The highest BCUT2D eigenvalue weighted by atomic mass is 16.6. The number of rotatable bonds is 24. The Morgan fingerprint density at radius 1 is 0.767 bits per heavy atom. The summed E-state index contributed by atoms with van der Waals surface area (Å²) in [5.41, 5.74) is 0. The molecule has 10 heteroatoms. The number of allylic oxidation sites excluding steroid dienone is 10. The molecule has 0 rings (SSSR count). The summed E-state index contributed by atoms with van der Waals surface area (Å²) in [4.78, 5) is 47.8. The second kappa shape index (κ2) is 28.4. The van der Waals surface area contributed by atoms with Crippen molar-refractivity contribution in [1.29, 1.82) is 0 Å². The number of carbonyl (C=O) groups excluding carboxylic acids is 4. The first-order chi connectivity index (χ1) is 20.9. The smallest absolute Gasteiger partial charge is 0.330 e. The number of methoxy groups -OCH3 is 1. The van der Waals surface area contributed by atoms with Crippen LogP contribution < -0.4 is 10.6 Å². The number of aliphatic hydroxyl groups excluding tert-OH is 2. The highest BCUT2D eigenvalue weighted by molar-refractivity contribution is 5.96. The summed E-state index contributed by atoms with van der Waals surface area (Å²) in [5, 5.41) is 23.5. The van der Waals surface area contributed by atoms with Crippen LogP contribution in [-0.4, -0.2) is 73.0 Å². The van der Waals surface area contributed by atoms with E-state index in [0.29, 0.717) is 19.3 Å². The summed E-state index contributed by atoms with van der Waals surface area (Å²) in [6.45, 7) is 1.24. The number of unbranched alkanes of at least 4 members (excludes halogenated alkanes) is 1. The Bertz CT molecular complexity index is 962. The number of esters is 2. The molecular formula is C33H50N2O8. The van der Waals surface area contributed by atoms with Gasteiger partial charge < -0.3 is 30.3 Å². The van der Waals surface area contributed by atoms with Crippen molar-refractivity contribution in [2.75, 3.05) is 26.9 Å². The van der Waals surface area contributed by atoms with Gasteiger partial charge in [0.25, 0.3) is 0 Å². The first-order valence-electron chi connectivity index (χ1n) is 14.9. The molecule has 240 valence electrons. The van der Waals surface area contributed by atoms with Crippen LogP contribution >= 0.6 is 0 Å². The van der Waals surface area contributed by atoms with Crippen LogP contribution in [0.25, 0.3) is 0 Å². The molecule has 4 N–H and O–H groups in total. The number of carbonyl (C=O) groups is 4. The van der Waals surface area contributed by atoms with Gasteiger partial charge in [-0.3, -0.25) is 9.59 Å². The zero-order valence-electron chi connectivity index (χ0n) is 25.6. The Kier molecular flexibility index (Phi) is 25.9. The molecule has 0 saturated carbocycles. The number of hydrogen-bond acceptors (Lipinski definition) is 8. The minimum Gasteiger partial charge on any atom is -0.466 e. The van der Waals surface area contributed by atoms with Gasteiger partial charge in [-0.05, 0) is 57.8 Å². The maximum Gasteiger partial charge on any atom is 0.330 e. The van der Waals surface area contributed by atoms with Gasteiger partial charge in [0.1, 0.15) is 12.1 Å². The lowest BCUT2D eigenvalue weighted by Gasteiger charge is -2.20. The molecule has 0 aromatic heterocycles. The van der Waals surface area contributed by atoms with E-state index in [9.17, 15) is 19.2 Å². The third kappa shape index (κ3) is 24.5. The average Bonchev–Trinajstić information content (AvgIpc) is 3.01. The van der Waals surface area contributed by atoms with Crippen molar-refractivity contribution < 1.29 is 38.9 Å². The van der Waals surface area contributed by atoms with Gasteiger partial charge in [0.2, 0.25) is 11.8 Å². The quantitative estimate of drug-likeness (QED) is 0.0562. The summed E-state index contributed by atoms with van der Waals surface area (Å²) in [7, 11) is 1.16. The van der Waals surface area contributed by atoms with Crippen LogP contribution in [0.4, 0.5) is 0 Å². The molecule has 1 atom stereocenters. The highest BCUT2D eigenvalue weighted by Crippen LogP contribution is 2.04. The van der Waals surface area contributed by atoms with Crippen LogP contribution in [-0.2, 0) is 28.7 Å². The van der Waals surface area contributed by atoms with Crippen LogP contribution in [0.3, 0.4) is 0 Å². The molecule has 10 nitrogen and oxygen atoms in total. The van der Waals surface area contributed by atoms with E-state index in [1.54, 1.807) is 0 Å². The largest absolute Gasteiger partial charge is 0.466 e. The Morgan fingerprint density at radius 2 is 1.33 bits per heavy atom. The predicted octanol–water partition coefficient (Wildman–Crippen LogP) is 3.91. The second-order valence-electron chi connectivity index (χ2n) is 9.43. The maximum absolute atomic E-state index is 12.4. The van der Waals surface area contributed by atoms with Crippen molar-refractivity contribution in [2.45, 2.75) is 83.3 Å². The summed E-state index contributed by atoms with van der Waals surface area (Å²) in [6, 6.07) is -1.11. The Balaban J connectivity index is 4.25. The molecule has 0 aliphatic rings. The van der Waals surface area contributed by atoms with Gasteiger partial charge in [-0.2, -0.15) is 0 Å². The van der Waals surface area contributed by atoms with Gasteiger partial charge >= 0.3 is 11.9 Å². The van der Waals surface area contributed by atoms with Crippen molar-refractivity contribution in [1.82, 2.24) is 10.6 Å². The van der Waals surface area contributed by atoms with Crippen molar-refractivity contribution >= 4 is 23.8 Å². The van der Waals surface area contributed by atoms with Gasteiger partial charge in [-0.1, -0.05) is 67.7 Å². The summed E-state index contributed by atoms with van der Waals surface area (Å²) in [6.07, 6.45) is 29.2. The topological polar surface area (TPSA) is 151 Å². The summed E-state index contributed by atoms with van der Waals surface area (Å²) < 4.78 is 9.43. The van der Waals surface area contributed by atoms with Gasteiger partial charge in [0.05, 0.1) is 20.3 Å².